The van der Waals surface area contributed by atoms with Crippen LogP contribution in [-0.4, -0.2) is 38.4 Å². The summed E-state index contributed by atoms with van der Waals surface area (Å²) in [6.07, 6.45) is 5.14. The summed E-state index contributed by atoms with van der Waals surface area (Å²) in [5.74, 6) is 3.18. The Balaban J connectivity index is 1.48. The summed E-state index contributed by atoms with van der Waals surface area (Å²) < 4.78 is 5.47. The van der Waals surface area contributed by atoms with Crippen LogP contribution in [0.2, 0.25) is 0 Å². The average molecular weight is 314 g/mol. The van der Waals surface area contributed by atoms with E-state index >= 15 is 0 Å². The van der Waals surface area contributed by atoms with E-state index in [0.717, 1.165) is 61.4 Å². The van der Waals surface area contributed by atoms with Crippen molar-refractivity contribution in [3.63, 3.8) is 0 Å². The smallest absolute Gasteiger partial charge is 0.245 e. The highest BCUT2D eigenvalue weighted by molar-refractivity contribution is 5.33. The number of hydrogen-bond donors (Lipinski definition) is 0. The minimum Gasteiger partial charge on any atom is -0.339 e. The first-order valence-electron chi connectivity index (χ1n) is 8.59. The normalized spacial score (nSPS) is 21.1. The minimum atomic E-state index is 0.273. The van der Waals surface area contributed by atoms with Crippen LogP contribution in [0, 0.1) is 0 Å². The quantitative estimate of drug-likeness (QED) is 0.837. The topological polar surface area (TPSA) is 80.8 Å². The van der Waals surface area contributed by atoms with Crippen LogP contribution in [0.4, 0.5) is 5.95 Å². The maximum atomic E-state index is 5.47. The average Bonchev–Trinajstić information content (AvgIpc) is 3.13. The zero-order valence-electron chi connectivity index (χ0n) is 13.7. The van der Waals surface area contributed by atoms with Crippen LogP contribution >= 0.6 is 0 Å². The lowest BCUT2D eigenvalue weighted by Crippen LogP contribution is -2.23. The van der Waals surface area contributed by atoms with Crippen LogP contribution in [-0.2, 0) is 12.8 Å². The zero-order chi connectivity index (χ0) is 15.8. The SMILES string of the molecule is CCc1nnc(N2CC[C@H](c3nc(C4CC4)no3)C2)nc1CC. The van der Waals surface area contributed by atoms with Gasteiger partial charge in [0.15, 0.2) is 5.82 Å². The predicted octanol–water partition coefficient (Wildman–Crippen LogP) is 2.25. The van der Waals surface area contributed by atoms with Gasteiger partial charge in [-0.15, -0.1) is 5.10 Å². The van der Waals surface area contributed by atoms with Crippen molar-refractivity contribution in [2.75, 3.05) is 18.0 Å². The van der Waals surface area contributed by atoms with Gasteiger partial charge < -0.3 is 9.42 Å². The van der Waals surface area contributed by atoms with Gasteiger partial charge in [-0.3, -0.25) is 0 Å². The Kier molecular flexibility index (Phi) is 3.71. The molecule has 1 saturated carbocycles. The van der Waals surface area contributed by atoms with E-state index < -0.39 is 0 Å². The third kappa shape index (κ3) is 2.80. The summed E-state index contributed by atoms with van der Waals surface area (Å²) in [5.41, 5.74) is 2.05. The van der Waals surface area contributed by atoms with E-state index in [9.17, 15) is 0 Å². The number of anilines is 1. The molecule has 1 saturated heterocycles. The maximum absolute atomic E-state index is 5.47. The zero-order valence-corrected chi connectivity index (χ0v) is 13.7. The van der Waals surface area contributed by atoms with E-state index in [1.807, 2.05) is 0 Å². The Morgan fingerprint density at radius 2 is 1.83 bits per heavy atom. The summed E-state index contributed by atoms with van der Waals surface area (Å²) in [4.78, 5) is 11.5. The Labute approximate surface area is 135 Å². The molecule has 4 rings (SSSR count). The van der Waals surface area contributed by atoms with Crippen molar-refractivity contribution in [2.45, 2.75) is 57.8 Å². The van der Waals surface area contributed by atoms with Crippen molar-refractivity contribution in [3.05, 3.63) is 23.1 Å². The lowest BCUT2D eigenvalue weighted by molar-refractivity contribution is 0.355. The van der Waals surface area contributed by atoms with E-state index in [1.165, 1.54) is 12.8 Å². The predicted molar refractivity (Wildman–Crippen MR) is 84.4 cm³/mol. The second kappa shape index (κ2) is 5.86. The first kappa shape index (κ1) is 14.5. The molecule has 0 aromatic carbocycles. The molecule has 1 aliphatic carbocycles. The third-order valence-corrected chi connectivity index (χ3v) is 4.72. The molecule has 1 aliphatic heterocycles. The van der Waals surface area contributed by atoms with Gasteiger partial charge in [0.25, 0.3) is 0 Å². The first-order chi connectivity index (χ1) is 11.3. The first-order valence-corrected chi connectivity index (χ1v) is 8.59. The van der Waals surface area contributed by atoms with Gasteiger partial charge in [-0.05, 0) is 32.1 Å². The van der Waals surface area contributed by atoms with Crippen LogP contribution < -0.4 is 4.90 Å². The Hall–Kier alpha value is -2.05. The van der Waals surface area contributed by atoms with Gasteiger partial charge in [0.1, 0.15) is 0 Å². The molecule has 7 heteroatoms. The molecule has 2 fully saturated rings. The molecule has 0 N–H and O–H groups in total. The molecule has 0 amide bonds. The summed E-state index contributed by atoms with van der Waals surface area (Å²) in [7, 11) is 0. The minimum absolute atomic E-state index is 0.273. The number of aryl methyl sites for hydroxylation is 2. The highest BCUT2D eigenvalue weighted by Crippen LogP contribution is 2.39. The van der Waals surface area contributed by atoms with E-state index in [4.69, 9.17) is 9.51 Å². The van der Waals surface area contributed by atoms with Crippen LogP contribution in [0.25, 0.3) is 0 Å². The highest BCUT2D eigenvalue weighted by atomic mass is 16.5. The van der Waals surface area contributed by atoms with Crippen molar-refractivity contribution in [3.8, 4) is 0 Å². The van der Waals surface area contributed by atoms with Crippen LogP contribution in [0.1, 0.15) is 68.0 Å². The molecule has 0 unspecified atom stereocenters. The van der Waals surface area contributed by atoms with Gasteiger partial charge in [0.2, 0.25) is 11.8 Å². The van der Waals surface area contributed by atoms with Crippen molar-refractivity contribution >= 4 is 5.95 Å². The molecule has 0 radical (unpaired) electrons. The highest BCUT2D eigenvalue weighted by Gasteiger charge is 2.33. The number of nitrogens with zero attached hydrogens (tertiary/aromatic N) is 6. The molecule has 3 heterocycles. The summed E-state index contributed by atoms with van der Waals surface area (Å²) in [5, 5.41) is 12.8. The van der Waals surface area contributed by atoms with E-state index in [-0.39, 0.29) is 5.92 Å². The lowest BCUT2D eigenvalue weighted by atomic mass is 10.1. The van der Waals surface area contributed by atoms with E-state index in [0.29, 0.717) is 5.92 Å². The summed E-state index contributed by atoms with van der Waals surface area (Å²) in [6.45, 7) is 5.92. The van der Waals surface area contributed by atoms with Gasteiger partial charge in [-0.25, -0.2) is 4.98 Å². The van der Waals surface area contributed by atoms with Crippen LogP contribution in [0.15, 0.2) is 4.52 Å². The number of aromatic nitrogens is 5. The van der Waals surface area contributed by atoms with E-state index in [2.05, 4.69) is 39.1 Å². The molecule has 2 aromatic rings. The summed E-state index contributed by atoms with van der Waals surface area (Å²) >= 11 is 0. The van der Waals surface area contributed by atoms with Gasteiger partial charge in [0.05, 0.1) is 17.3 Å². The second-order valence-corrected chi connectivity index (χ2v) is 6.41. The molecular weight excluding hydrogens is 292 g/mol. The monoisotopic (exact) mass is 314 g/mol. The molecule has 0 bridgehead atoms. The van der Waals surface area contributed by atoms with Crippen molar-refractivity contribution in [1.29, 1.82) is 0 Å². The molecule has 7 nitrogen and oxygen atoms in total. The number of rotatable bonds is 5. The van der Waals surface area contributed by atoms with Gasteiger partial charge in [-0.2, -0.15) is 10.1 Å². The molecule has 0 spiro atoms. The van der Waals surface area contributed by atoms with Crippen molar-refractivity contribution in [1.82, 2.24) is 25.3 Å². The van der Waals surface area contributed by atoms with E-state index in [1.54, 1.807) is 0 Å². The largest absolute Gasteiger partial charge is 0.339 e. The molecular formula is C16H22N6O. The Morgan fingerprint density at radius 3 is 2.57 bits per heavy atom. The summed E-state index contributed by atoms with van der Waals surface area (Å²) in [6, 6.07) is 0. The molecule has 2 aliphatic rings. The maximum Gasteiger partial charge on any atom is 0.245 e. The molecule has 122 valence electrons. The standard InChI is InChI=1S/C16H22N6O/c1-3-12-13(4-2)19-20-16(17-12)22-8-7-11(9-22)15-18-14(21-23-15)10-5-6-10/h10-11H,3-9H2,1-2H3/t11-/m0/s1. The fourth-order valence-electron chi connectivity index (χ4n) is 3.13. The second-order valence-electron chi connectivity index (χ2n) is 6.41. The molecule has 2 aromatic heterocycles. The fraction of sp³-hybridized carbons (Fsp3) is 0.688. The third-order valence-electron chi connectivity index (χ3n) is 4.72. The van der Waals surface area contributed by atoms with Gasteiger partial charge >= 0.3 is 0 Å². The van der Waals surface area contributed by atoms with Crippen LogP contribution in [0.3, 0.4) is 0 Å². The fourth-order valence-corrected chi connectivity index (χ4v) is 3.13. The molecule has 23 heavy (non-hydrogen) atoms. The van der Waals surface area contributed by atoms with Crippen molar-refractivity contribution in [2.24, 2.45) is 0 Å². The van der Waals surface area contributed by atoms with Gasteiger partial charge in [-0.1, -0.05) is 19.0 Å². The Morgan fingerprint density at radius 1 is 1.00 bits per heavy atom. The molecule has 1 atom stereocenters. The van der Waals surface area contributed by atoms with Gasteiger partial charge in [0, 0.05) is 19.0 Å². The Bertz CT molecular complexity index is 696. The number of hydrogen-bond acceptors (Lipinski definition) is 7. The van der Waals surface area contributed by atoms with Crippen LogP contribution in [0.5, 0.6) is 0 Å². The lowest BCUT2D eigenvalue weighted by Gasteiger charge is -2.16. The van der Waals surface area contributed by atoms with Crippen molar-refractivity contribution < 1.29 is 4.52 Å².